The Kier molecular flexibility index (Phi) is 4.71. The molecule has 0 N–H and O–H groups in total. The van der Waals surface area contributed by atoms with Crippen molar-refractivity contribution in [1.29, 1.82) is 0 Å². The van der Waals surface area contributed by atoms with Gasteiger partial charge in [0.25, 0.3) is 0 Å². The number of ether oxygens (including phenoxy) is 1. The van der Waals surface area contributed by atoms with Crippen molar-refractivity contribution in [3.05, 3.63) is 35.9 Å². The fraction of sp³-hybridized carbons (Fsp3) is 0.562. The summed E-state index contributed by atoms with van der Waals surface area (Å²) >= 11 is 6.43. The van der Waals surface area contributed by atoms with Crippen LogP contribution in [0.4, 0.5) is 0 Å². The van der Waals surface area contributed by atoms with Crippen LogP contribution in [-0.4, -0.2) is 35.9 Å². The summed E-state index contributed by atoms with van der Waals surface area (Å²) in [6, 6.07) is 10.1. The summed E-state index contributed by atoms with van der Waals surface area (Å²) in [5, 5.41) is -0.494. The molecule has 2 rings (SSSR count). The molecule has 0 aromatic heterocycles. The van der Waals surface area contributed by atoms with E-state index in [9.17, 15) is 4.79 Å². The number of benzene rings is 1. The standard InChI is InChI=1S/C16H22ClNO2/c1-4-20-11-10-18-15(19)14(17)16(18,12(2)3)13-8-6-5-7-9-13/h5-9,12,14H,4,10-11H2,1-3H3. The van der Waals surface area contributed by atoms with Crippen molar-refractivity contribution < 1.29 is 9.53 Å². The van der Waals surface area contributed by atoms with Crippen LogP contribution in [0.5, 0.6) is 0 Å². The van der Waals surface area contributed by atoms with E-state index < -0.39 is 10.9 Å². The van der Waals surface area contributed by atoms with Crippen LogP contribution in [0.2, 0.25) is 0 Å². The Bertz CT molecular complexity index is 463. The van der Waals surface area contributed by atoms with E-state index >= 15 is 0 Å². The number of carbonyl (C=O) groups excluding carboxylic acids is 1. The average Bonchev–Trinajstić information content (AvgIpc) is 2.46. The van der Waals surface area contributed by atoms with Gasteiger partial charge in [-0.05, 0) is 18.4 Å². The van der Waals surface area contributed by atoms with Gasteiger partial charge in [0, 0.05) is 13.2 Å². The van der Waals surface area contributed by atoms with Gasteiger partial charge in [-0.2, -0.15) is 0 Å². The number of alkyl halides is 1. The molecule has 4 heteroatoms. The topological polar surface area (TPSA) is 29.5 Å². The second-order valence-corrected chi connectivity index (χ2v) is 5.83. The maximum atomic E-state index is 12.2. The lowest BCUT2D eigenvalue weighted by Gasteiger charge is -2.58. The molecule has 0 radical (unpaired) electrons. The molecule has 1 aliphatic rings. The number of amides is 1. The van der Waals surface area contributed by atoms with E-state index in [4.69, 9.17) is 16.3 Å². The molecular formula is C16H22ClNO2. The molecule has 20 heavy (non-hydrogen) atoms. The highest BCUT2D eigenvalue weighted by atomic mass is 35.5. The van der Waals surface area contributed by atoms with Crippen molar-refractivity contribution in [1.82, 2.24) is 4.90 Å². The fourth-order valence-electron chi connectivity index (χ4n) is 3.12. The Morgan fingerprint density at radius 3 is 2.55 bits per heavy atom. The lowest BCUT2D eigenvalue weighted by Crippen LogP contribution is -2.72. The smallest absolute Gasteiger partial charge is 0.244 e. The van der Waals surface area contributed by atoms with Crippen LogP contribution in [0.25, 0.3) is 0 Å². The first-order valence-corrected chi connectivity index (χ1v) is 7.59. The predicted octanol–water partition coefficient (Wildman–Crippen LogP) is 3.02. The van der Waals surface area contributed by atoms with Gasteiger partial charge in [0.05, 0.1) is 12.1 Å². The second kappa shape index (κ2) is 6.15. The molecule has 1 saturated heterocycles. The molecule has 110 valence electrons. The first kappa shape index (κ1) is 15.3. The minimum Gasteiger partial charge on any atom is -0.380 e. The third-order valence-electron chi connectivity index (χ3n) is 4.10. The molecule has 0 bridgehead atoms. The normalized spacial score (nSPS) is 25.9. The average molecular weight is 296 g/mol. The molecule has 0 saturated carbocycles. The number of hydrogen-bond donors (Lipinski definition) is 0. The summed E-state index contributed by atoms with van der Waals surface area (Å²) in [7, 11) is 0. The Morgan fingerprint density at radius 1 is 1.35 bits per heavy atom. The first-order chi connectivity index (χ1) is 9.56. The Morgan fingerprint density at radius 2 is 2.00 bits per heavy atom. The van der Waals surface area contributed by atoms with Gasteiger partial charge in [0.15, 0.2) is 0 Å². The summed E-state index contributed by atoms with van der Waals surface area (Å²) in [4.78, 5) is 14.1. The number of hydrogen-bond acceptors (Lipinski definition) is 2. The minimum absolute atomic E-state index is 0.00363. The van der Waals surface area contributed by atoms with Gasteiger partial charge < -0.3 is 9.64 Å². The van der Waals surface area contributed by atoms with Crippen molar-refractivity contribution in [2.24, 2.45) is 5.92 Å². The van der Waals surface area contributed by atoms with E-state index in [1.165, 1.54) is 0 Å². The van der Waals surface area contributed by atoms with Crippen molar-refractivity contribution in [2.75, 3.05) is 19.8 Å². The number of halogens is 1. The number of nitrogens with zero attached hydrogens (tertiary/aromatic N) is 1. The van der Waals surface area contributed by atoms with Crippen molar-refractivity contribution in [2.45, 2.75) is 31.7 Å². The molecule has 1 aromatic carbocycles. The van der Waals surface area contributed by atoms with Crippen LogP contribution in [0.3, 0.4) is 0 Å². The molecule has 1 aromatic rings. The van der Waals surface area contributed by atoms with Crippen LogP contribution in [0, 0.1) is 5.92 Å². The maximum Gasteiger partial charge on any atom is 0.244 e. The highest BCUT2D eigenvalue weighted by Gasteiger charge is 2.61. The molecule has 0 aliphatic carbocycles. The van der Waals surface area contributed by atoms with Gasteiger partial charge in [0.2, 0.25) is 5.91 Å². The zero-order valence-corrected chi connectivity index (χ0v) is 13.1. The van der Waals surface area contributed by atoms with Crippen LogP contribution in [0.1, 0.15) is 26.3 Å². The van der Waals surface area contributed by atoms with Crippen LogP contribution >= 0.6 is 11.6 Å². The van der Waals surface area contributed by atoms with Crippen molar-refractivity contribution in [3.63, 3.8) is 0 Å². The Balaban J connectivity index is 2.32. The molecular weight excluding hydrogens is 274 g/mol. The summed E-state index contributed by atoms with van der Waals surface area (Å²) in [5.41, 5.74) is 0.683. The molecule has 1 fully saturated rings. The quantitative estimate of drug-likeness (QED) is 0.459. The predicted molar refractivity (Wildman–Crippen MR) is 80.8 cm³/mol. The number of rotatable bonds is 6. The van der Waals surface area contributed by atoms with Gasteiger partial charge in [-0.25, -0.2) is 0 Å². The number of carbonyl (C=O) groups is 1. The third kappa shape index (κ3) is 2.23. The SMILES string of the molecule is CCOCCN1C(=O)C(Cl)C1(c1ccccc1)C(C)C. The Hall–Kier alpha value is -1.06. The zero-order valence-electron chi connectivity index (χ0n) is 12.3. The maximum absolute atomic E-state index is 12.2. The molecule has 1 amide bonds. The van der Waals surface area contributed by atoms with Gasteiger partial charge in [-0.3, -0.25) is 4.79 Å². The Labute approximate surface area is 125 Å². The van der Waals surface area contributed by atoms with E-state index in [1.54, 1.807) is 0 Å². The van der Waals surface area contributed by atoms with Crippen LogP contribution in [0.15, 0.2) is 30.3 Å². The van der Waals surface area contributed by atoms with Gasteiger partial charge in [-0.15, -0.1) is 11.6 Å². The minimum atomic E-state index is -0.494. The highest BCUT2D eigenvalue weighted by molar-refractivity contribution is 6.34. The first-order valence-electron chi connectivity index (χ1n) is 7.15. The van der Waals surface area contributed by atoms with Crippen molar-refractivity contribution >= 4 is 17.5 Å². The largest absolute Gasteiger partial charge is 0.380 e. The molecule has 0 spiro atoms. The van der Waals surface area contributed by atoms with E-state index in [0.29, 0.717) is 19.8 Å². The summed E-state index contributed by atoms with van der Waals surface area (Å²) < 4.78 is 5.40. The second-order valence-electron chi connectivity index (χ2n) is 5.40. The van der Waals surface area contributed by atoms with Gasteiger partial charge in [-0.1, -0.05) is 44.2 Å². The number of β-lactam (4-membered cyclic amide) rings is 1. The zero-order chi connectivity index (χ0) is 14.8. The summed E-state index contributed by atoms with van der Waals surface area (Å²) in [6.07, 6.45) is 0. The molecule has 3 nitrogen and oxygen atoms in total. The molecule has 1 heterocycles. The van der Waals surface area contributed by atoms with E-state index in [0.717, 1.165) is 5.56 Å². The monoisotopic (exact) mass is 295 g/mol. The number of likely N-dealkylation sites (tertiary alicyclic amines) is 1. The molecule has 2 atom stereocenters. The summed E-state index contributed by atoms with van der Waals surface area (Å²) in [5.74, 6) is 0.246. The molecule has 1 aliphatic heterocycles. The van der Waals surface area contributed by atoms with Crippen molar-refractivity contribution in [3.8, 4) is 0 Å². The summed E-state index contributed by atoms with van der Waals surface area (Å²) in [6.45, 7) is 7.97. The van der Waals surface area contributed by atoms with E-state index in [1.807, 2.05) is 30.0 Å². The fourth-order valence-corrected chi connectivity index (χ4v) is 3.73. The van der Waals surface area contributed by atoms with E-state index in [-0.39, 0.29) is 11.8 Å². The van der Waals surface area contributed by atoms with Gasteiger partial charge in [0.1, 0.15) is 5.38 Å². The lowest BCUT2D eigenvalue weighted by molar-refractivity contribution is -0.163. The lowest BCUT2D eigenvalue weighted by atomic mass is 9.69. The molecule has 2 unspecified atom stereocenters. The van der Waals surface area contributed by atoms with Crippen LogP contribution in [-0.2, 0) is 15.1 Å². The van der Waals surface area contributed by atoms with Gasteiger partial charge >= 0.3 is 0 Å². The van der Waals surface area contributed by atoms with E-state index in [2.05, 4.69) is 26.0 Å². The highest BCUT2D eigenvalue weighted by Crippen LogP contribution is 2.49. The third-order valence-corrected chi connectivity index (χ3v) is 4.62. The van der Waals surface area contributed by atoms with Crippen LogP contribution < -0.4 is 0 Å².